The zero-order chi connectivity index (χ0) is 17.5. The SMILES string of the molecule is COc1cc(/C=C/C(=O)NN)cc(Cl)c1OCc1cccc(Br)c1. The zero-order valence-corrected chi connectivity index (χ0v) is 15.2. The molecule has 0 unspecified atom stereocenters. The summed E-state index contributed by atoms with van der Waals surface area (Å²) in [5, 5.41) is 0.386. The average molecular weight is 412 g/mol. The van der Waals surface area contributed by atoms with Crippen LogP contribution in [0.2, 0.25) is 5.02 Å². The standard InChI is InChI=1S/C17H16BrClN2O3/c1-23-15-9-11(5-6-16(22)21-20)8-14(19)17(15)24-10-12-3-2-4-13(18)7-12/h2-9H,10,20H2,1H3,(H,21,22)/b6-5+. The molecule has 0 aliphatic heterocycles. The number of rotatable bonds is 6. The first-order valence-corrected chi connectivity index (χ1v) is 8.14. The third kappa shape index (κ3) is 4.99. The Labute approximate surface area is 153 Å². The van der Waals surface area contributed by atoms with Gasteiger partial charge in [0.2, 0.25) is 0 Å². The lowest BCUT2D eigenvalue weighted by Gasteiger charge is -2.13. The first kappa shape index (κ1) is 18.3. The molecule has 0 aromatic heterocycles. The second-order valence-electron chi connectivity index (χ2n) is 4.79. The summed E-state index contributed by atoms with van der Waals surface area (Å²) in [5.74, 6) is 5.53. The fourth-order valence-corrected chi connectivity index (χ4v) is 2.70. The normalized spacial score (nSPS) is 10.7. The summed E-state index contributed by atoms with van der Waals surface area (Å²) in [6.45, 7) is 0.348. The number of halogens is 2. The lowest BCUT2D eigenvalue weighted by atomic mass is 10.2. The highest BCUT2D eigenvalue weighted by Gasteiger charge is 2.12. The number of carbonyl (C=O) groups excluding carboxylic acids is 1. The molecule has 7 heteroatoms. The molecule has 0 fully saturated rings. The molecule has 0 spiro atoms. The first-order valence-electron chi connectivity index (χ1n) is 6.97. The number of methoxy groups -OCH3 is 1. The fraction of sp³-hybridized carbons (Fsp3) is 0.118. The lowest BCUT2D eigenvalue weighted by Crippen LogP contribution is -2.27. The molecule has 126 valence electrons. The zero-order valence-electron chi connectivity index (χ0n) is 12.9. The Hall–Kier alpha value is -2.02. The number of ether oxygens (including phenoxy) is 2. The van der Waals surface area contributed by atoms with E-state index in [4.69, 9.17) is 26.9 Å². The van der Waals surface area contributed by atoms with Crippen molar-refractivity contribution in [2.24, 2.45) is 5.84 Å². The van der Waals surface area contributed by atoms with Gasteiger partial charge in [0.15, 0.2) is 11.5 Å². The molecular formula is C17H16BrClN2O3. The van der Waals surface area contributed by atoms with Gasteiger partial charge in [-0.15, -0.1) is 0 Å². The van der Waals surface area contributed by atoms with Gasteiger partial charge < -0.3 is 9.47 Å². The van der Waals surface area contributed by atoms with Gasteiger partial charge in [-0.3, -0.25) is 10.2 Å². The van der Waals surface area contributed by atoms with Crippen LogP contribution in [0, 0.1) is 0 Å². The van der Waals surface area contributed by atoms with Gasteiger partial charge in [0.25, 0.3) is 5.91 Å². The van der Waals surface area contributed by atoms with Crippen LogP contribution in [-0.4, -0.2) is 13.0 Å². The molecule has 0 atom stereocenters. The van der Waals surface area contributed by atoms with Gasteiger partial charge in [0.1, 0.15) is 6.61 Å². The van der Waals surface area contributed by atoms with Crippen molar-refractivity contribution in [3.8, 4) is 11.5 Å². The Morgan fingerprint density at radius 3 is 2.83 bits per heavy atom. The van der Waals surface area contributed by atoms with Crippen molar-refractivity contribution in [1.29, 1.82) is 0 Å². The van der Waals surface area contributed by atoms with Gasteiger partial charge in [-0.05, 0) is 41.5 Å². The third-order valence-electron chi connectivity index (χ3n) is 3.09. The summed E-state index contributed by atoms with van der Waals surface area (Å²) >= 11 is 9.71. The van der Waals surface area contributed by atoms with Gasteiger partial charge in [0.05, 0.1) is 12.1 Å². The van der Waals surface area contributed by atoms with Crippen molar-refractivity contribution in [3.63, 3.8) is 0 Å². The van der Waals surface area contributed by atoms with E-state index in [1.54, 1.807) is 18.2 Å². The molecule has 0 heterocycles. The molecule has 0 saturated carbocycles. The van der Waals surface area contributed by atoms with Crippen LogP contribution in [0.4, 0.5) is 0 Å². The molecule has 2 aromatic rings. The summed E-state index contributed by atoms with van der Waals surface area (Å²) in [6.07, 6.45) is 2.88. The summed E-state index contributed by atoms with van der Waals surface area (Å²) < 4.78 is 12.1. The van der Waals surface area contributed by atoms with Gasteiger partial charge >= 0.3 is 0 Å². The van der Waals surface area contributed by atoms with E-state index in [0.717, 1.165) is 10.0 Å². The fourth-order valence-electron chi connectivity index (χ4n) is 1.98. The van der Waals surface area contributed by atoms with E-state index in [1.807, 2.05) is 29.7 Å². The van der Waals surface area contributed by atoms with E-state index in [0.29, 0.717) is 28.7 Å². The first-order chi connectivity index (χ1) is 11.5. The molecule has 2 rings (SSSR count). The van der Waals surface area contributed by atoms with Crippen molar-refractivity contribution in [2.75, 3.05) is 7.11 Å². The number of hydrogen-bond donors (Lipinski definition) is 2. The molecule has 3 N–H and O–H groups in total. The van der Waals surface area contributed by atoms with Gasteiger partial charge in [-0.2, -0.15) is 0 Å². The van der Waals surface area contributed by atoms with Crippen LogP contribution in [0.15, 0.2) is 46.9 Å². The van der Waals surface area contributed by atoms with E-state index in [2.05, 4.69) is 15.9 Å². The van der Waals surface area contributed by atoms with Gasteiger partial charge in [-0.1, -0.05) is 39.7 Å². The van der Waals surface area contributed by atoms with Crippen molar-refractivity contribution in [1.82, 2.24) is 5.43 Å². The van der Waals surface area contributed by atoms with Crippen LogP contribution in [-0.2, 0) is 11.4 Å². The number of hydrazine groups is 1. The summed E-state index contributed by atoms with van der Waals surface area (Å²) in [5.41, 5.74) is 3.70. The highest BCUT2D eigenvalue weighted by atomic mass is 79.9. The number of amides is 1. The number of nitrogens with two attached hydrogens (primary N) is 1. The molecule has 0 aliphatic rings. The molecule has 2 aromatic carbocycles. The second-order valence-corrected chi connectivity index (χ2v) is 6.12. The largest absolute Gasteiger partial charge is 0.493 e. The van der Waals surface area contributed by atoms with Crippen molar-refractivity contribution in [3.05, 3.63) is 63.1 Å². The van der Waals surface area contributed by atoms with E-state index in [-0.39, 0.29) is 0 Å². The van der Waals surface area contributed by atoms with Crippen molar-refractivity contribution < 1.29 is 14.3 Å². The topological polar surface area (TPSA) is 73.6 Å². The Bertz CT molecular complexity index is 765. The van der Waals surface area contributed by atoms with E-state index in [1.165, 1.54) is 13.2 Å². The van der Waals surface area contributed by atoms with Crippen LogP contribution in [0.25, 0.3) is 6.08 Å². The van der Waals surface area contributed by atoms with Gasteiger partial charge in [-0.25, -0.2) is 5.84 Å². The Kier molecular flexibility index (Phi) is 6.66. The molecule has 0 aliphatic carbocycles. The number of benzene rings is 2. The number of nitrogens with one attached hydrogen (secondary N) is 1. The Balaban J connectivity index is 2.20. The maximum absolute atomic E-state index is 11.2. The van der Waals surface area contributed by atoms with E-state index >= 15 is 0 Å². The highest BCUT2D eigenvalue weighted by molar-refractivity contribution is 9.10. The number of carbonyl (C=O) groups is 1. The summed E-state index contributed by atoms with van der Waals surface area (Å²) in [7, 11) is 1.53. The quantitative estimate of drug-likeness (QED) is 0.329. The number of hydrogen-bond acceptors (Lipinski definition) is 4. The highest BCUT2D eigenvalue weighted by Crippen LogP contribution is 2.37. The molecular weight excluding hydrogens is 396 g/mol. The smallest absolute Gasteiger partial charge is 0.257 e. The molecule has 5 nitrogen and oxygen atoms in total. The molecule has 0 saturated heterocycles. The predicted octanol–water partition coefficient (Wildman–Crippen LogP) is 3.69. The molecule has 24 heavy (non-hydrogen) atoms. The maximum Gasteiger partial charge on any atom is 0.257 e. The van der Waals surface area contributed by atoms with Crippen LogP contribution in [0.1, 0.15) is 11.1 Å². The minimum atomic E-state index is -0.417. The Morgan fingerprint density at radius 1 is 1.38 bits per heavy atom. The second kappa shape index (κ2) is 8.73. The molecule has 1 amide bonds. The van der Waals surface area contributed by atoms with Crippen molar-refractivity contribution >= 4 is 39.5 Å². The van der Waals surface area contributed by atoms with Gasteiger partial charge in [0, 0.05) is 10.5 Å². The van der Waals surface area contributed by atoms with Crippen LogP contribution < -0.4 is 20.7 Å². The minimum Gasteiger partial charge on any atom is -0.493 e. The average Bonchev–Trinajstić information content (AvgIpc) is 2.58. The third-order valence-corrected chi connectivity index (χ3v) is 3.87. The van der Waals surface area contributed by atoms with Crippen LogP contribution >= 0.6 is 27.5 Å². The summed E-state index contributed by atoms with van der Waals surface area (Å²) in [6, 6.07) is 11.2. The van der Waals surface area contributed by atoms with E-state index in [9.17, 15) is 4.79 Å². The van der Waals surface area contributed by atoms with Crippen LogP contribution in [0.3, 0.4) is 0 Å². The Morgan fingerprint density at radius 2 is 2.17 bits per heavy atom. The van der Waals surface area contributed by atoms with Crippen LogP contribution in [0.5, 0.6) is 11.5 Å². The molecule has 0 bridgehead atoms. The maximum atomic E-state index is 11.2. The molecule has 0 radical (unpaired) electrons. The van der Waals surface area contributed by atoms with Crippen molar-refractivity contribution in [2.45, 2.75) is 6.61 Å². The minimum absolute atomic E-state index is 0.348. The lowest BCUT2D eigenvalue weighted by molar-refractivity contribution is -0.116. The predicted molar refractivity (Wildman–Crippen MR) is 97.8 cm³/mol. The van der Waals surface area contributed by atoms with E-state index < -0.39 is 5.91 Å². The monoisotopic (exact) mass is 410 g/mol. The summed E-state index contributed by atoms with van der Waals surface area (Å²) in [4.78, 5) is 11.2.